The molecule has 5 heteroatoms. The predicted molar refractivity (Wildman–Crippen MR) is 71.7 cm³/mol. The summed E-state index contributed by atoms with van der Waals surface area (Å²) in [5.41, 5.74) is 0. The van der Waals surface area contributed by atoms with Crippen molar-refractivity contribution in [1.29, 1.82) is 0 Å². The van der Waals surface area contributed by atoms with Gasteiger partial charge in [0.25, 0.3) is 5.91 Å². The molecule has 1 aliphatic rings. The summed E-state index contributed by atoms with van der Waals surface area (Å²) < 4.78 is 5.45. The molecule has 0 aliphatic heterocycles. The van der Waals surface area contributed by atoms with Crippen LogP contribution in [-0.2, 0) is 5.75 Å². The van der Waals surface area contributed by atoms with Crippen molar-refractivity contribution in [1.82, 2.24) is 5.32 Å². The Labute approximate surface area is 111 Å². The Balaban J connectivity index is 1.93. The summed E-state index contributed by atoms with van der Waals surface area (Å²) in [5.74, 6) is 1.67. The van der Waals surface area contributed by atoms with Crippen LogP contribution in [0.1, 0.15) is 42.0 Å². The molecule has 2 rings (SSSR count). The molecule has 0 spiro atoms. The summed E-state index contributed by atoms with van der Waals surface area (Å²) >= 11 is 1.65. The van der Waals surface area contributed by atoms with E-state index in [1.54, 1.807) is 17.8 Å². The van der Waals surface area contributed by atoms with Crippen molar-refractivity contribution >= 4 is 17.7 Å². The Morgan fingerprint density at radius 1 is 1.50 bits per heavy atom. The first kappa shape index (κ1) is 13.5. The van der Waals surface area contributed by atoms with Gasteiger partial charge < -0.3 is 14.8 Å². The number of carbonyl (C=O) groups is 1. The van der Waals surface area contributed by atoms with Crippen molar-refractivity contribution in [3.05, 3.63) is 23.7 Å². The number of amides is 1. The van der Waals surface area contributed by atoms with Gasteiger partial charge in [-0.05, 0) is 31.2 Å². The van der Waals surface area contributed by atoms with Gasteiger partial charge in [0.05, 0.1) is 17.9 Å². The standard InChI is InChI=1S/C13H19NO3S/c1-18-8-9-6-7-12(17-9)13(16)14-10-4-2-3-5-11(10)15/h6-7,10-11,15H,2-5,8H2,1H3,(H,14,16)/t10-,11-/m0/s1. The average Bonchev–Trinajstić information content (AvgIpc) is 2.81. The Morgan fingerprint density at radius 2 is 2.28 bits per heavy atom. The molecule has 0 bridgehead atoms. The number of carbonyl (C=O) groups excluding carboxylic acids is 1. The van der Waals surface area contributed by atoms with Gasteiger partial charge in [0.1, 0.15) is 5.76 Å². The van der Waals surface area contributed by atoms with Gasteiger partial charge in [-0.15, -0.1) is 0 Å². The highest BCUT2D eigenvalue weighted by Gasteiger charge is 2.25. The maximum absolute atomic E-state index is 12.0. The van der Waals surface area contributed by atoms with E-state index in [0.29, 0.717) is 5.76 Å². The molecule has 1 aromatic rings. The monoisotopic (exact) mass is 269 g/mol. The quantitative estimate of drug-likeness (QED) is 0.879. The Kier molecular flexibility index (Phi) is 4.72. The molecule has 0 radical (unpaired) electrons. The lowest BCUT2D eigenvalue weighted by atomic mass is 9.92. The van der Waals surface area contributed by atoms with Gasteiger partial charge in [0, 0.05) is 0 Å². The van der Waals surface area contributed by atoms with Gasteiger partial charge in [0.2, 0.25) is 0 Å². The van der Waals surface area contributed by atoms with Crippen LogP contribution < -0.4 is 5.32 Å². The molecule has 1 heterocycles. The number of aliphatic hydroxyl groups excluding tert-OH is 1. The van der Waals surface area contributed by atoms with Crippen LogP contribution in [0.15, 0.2) is 16.5 Å². The van der Waals surface area contributed by atoms with Crippen molar-refractivity contribution in [2.45, 2.75) is 43.6 Å². The number of thioether (sulfide) groups is 1. The molecule has 0 unspecified atom stereocenters. The summed E-state index contributed by atoms with van der Waals surface area (Å²) in [7, 11) is 0. The lowest BCUT2D eigenvalue weighted by Gasteiger charge is -2.27. The fraction of sp³-hybridized carbons (Fsp3) is 0.615. The zero-order valence-corrected chi connectivity index (χ0v) is 11.3. The van der Waals surface area contributed by atoms with E-state index < -0.39 is 6.10 Å². The number of aliphatic hydroxyl groups is 1. The van der Waals surface area contributed by atoms with Crippen molar-refractivity contribution in [3.8, 4) is 0 Å². The highest BCUT2D eigenvalue weighted by atomic mass is 32.2. The predicted octanol–water partition coefficient (Wildman–Crippen LogP) is 2.18. The van der Waals surface area contributed by atoms with Gasteiger partial charge in [-0.1, -0.05) is 12.8 Å². The van der Waals surface area contributed by atoms with E-state index in [0.717, 1.165) is 37.2 Å². The normalized spacial score (nSPS) is 23.9. The number of nitrogens with one attached hydrogen (secondary N) is 1. The molecular formula is C13H19NO3S. The van der Waals surface area contributed by atoms with Crippen molar-refractivity contribution in [3.63, 3.8) is 0 Å². The zero-order chi connectivity index (χ0) is 13.0. The number of hydrogen-bond acceptors (Lipinski definition) is 4. The SMILES string of the molecule is CSCc1ccc(C(=O)N[C@H]2CCCC[C@@H]2O)o1. The zero-order valence-electron chi connectivity index (χ0n) is 10.5. The molecule has 1 aromatic heterocycles. The van der Waals surface area contributed by atoms with Crippen LogP contribution in [0.4, 0.5) is 0 Å². The highest BCUT2D eigenvalue weighted by Crippen LogP contribution is 2.19. The molecule has 18 heavy (non-hydrogen) atoms. The maximum Gasteiger partial charge on any atom is 0.287 e. The molecule has 2 atom stereocenters. The first-order valence-electron chi connectivity index (χ1n) is 6.27. The molecule has 100 valence electrons. The molecular weight excluding hydrogens is 250 g/mol. The minimum atomic E-state index is -0.427. The Bertz CT molecular complexity index is 405. The molecule has 1 amide bonds. The van der Waals surface area contributed by atoms with Crippen LogP contribution in [0.5, 0.6) is 0 Å². The summed E-state index contributed by atoms with van der Waals surface area (Å²) in [5, 5.41) is 12.7. The van der Waals surface area contributed by atoms with Crippen LogP contribution >= 0.6 is 11.8 Å². The Hall–Kier alpha value is -0.940. The topological polar surface area (TPSA) is 62.5 Å². The smallest absolute Gasteiger partial charge is 0.287 e. The van der Waals surface area contributed by atoms with Crippen molar-refractivity contribution in [2.75, 3.05) is 6.26 Å². The molecule has 1 fully saturated rings. The molecule has 1 aliphatic carbocycles. The van der Waals surface area contributed by atoms with Crippen LogP contribution in [0.25, 0.3) is 0 Å². The first-order valence-corrected chi connectivity index (χ1v) is 7.66. The molecule has 4 nitrogen and oxygen atoms in total. The van der Waals surface area contributed by atoms with Gasteiger partial charge >= 0.3 is 0 Å². The van der Waals surface area contributed by atoms with E-state index in [-0.39, 0.29) is 11.9 Å². The number of furan rings is 1. The third-order valence-electron chi connectivity index (χ3n) is 3.22. The second-order valence-corrected chi connectivity index (χ2v) is 5.50. The Morgan fingerprint density at radius 3 is 3.00 bits per heavy atom. The summed E-state index contributed by atoms with van der Waals surface area (Å²) in [6.45, 7) is 0. The van der Waals surface area contributed by atoms with E-state index in [4.69, 9.17) is 4.42 Å². The molecule has 2 N–H and O–H groups in total. The third kappa shape index (κ3) is 3.29. The summed E-state index contributed by atoms with van der Waals surface area (Å²) in [6.07, 6.45) is 5.25. The van der Waals surface area contributed by atoms with Crippen LogP contribution in [0.3, 0.4) is 0 Å². The average molecular weight is 269 g/mol. The van der Waals surface area contributed by atoms with Crippen LogP contribution in [0, 0.1) is 0 Å². The van der Waals surface area contributed by atoms with Crippen molar-refractivity contribution < 1.29 is 14.3 Å². The van der Waals surface area contributed by atoms with Gasteiger partial charge in [0.15, 0.2) is 5.76 Å². The van der Waals surface area contributed by atoms with Crippen molar-refractivity contribution in [2.24, 2.45) is 0 Å². The largest absolute Gasteiger partial charge is 0.455 e. The van der Waals surface area contributed by atoms with E-state index in [2.05, 4.69) is 5.32 Å². The molecule has 0 aromatic carbocycles. The van der Waals surface area contributed by atoms with Crippen LogP contribution in [-0.4, -0.2) is 29.4 Å². The lowest BCUT2D eigenvalue weighted by molar-refractivity contribution is 0.0697. The van der Waals surface area contributed by atoms with E-state index in [1.165, 1.54) is 0 Å². The lowest BCUT2D eigenvalue weighted by Crippen LogP contribution is -2.44. The summed E-state index contributed by atoms with van der Waals surface area (Å²) in [4.78, 5) is 12.0. The van der Waals surface area contributed by atoms with Gasteiger partial charge in [-0.25, -0.2) is 0 Å². The van der Waals surface area contributed by atoms with E-state index in [9.17, 15) is 9.90 Å². The minimum absolute atomic E-state index is 0.139. The third-order valence-corrected chi connectivity index (χ3v) is 3.79. The second kappa shape index (κ2) is 6.29. The minimum Gasteiger partial charge on any atom is -0.455 e. The fourth-order valence-electron chi connectivity index (χ4n) is 2.24. The van der Waals surface area contributed by atoms with E-state index in [1.807, 2.05) is 12.3 Å². The fourth-order valence-corrected chi connectivity index (χ4v) is 2.68. The molecule has 1 saturated carbocycles. The highest BCUT2D eigenvalue weighted by molar-refractivity contribution is 7.97. The van der Waals surface area contributed by atoms with Gasteiger partial charge in [-0.2, -0.15) is 11.8 Å². The van der Waals surface area contributed by atoms with Crippen LogP contribution in [0.2, 0.25) is 0 Å². The second-order valence-electron chi connectivity index (χ2n) is 4.63. The maximum atomic E-state index is 12.0. The first-order chi connectivity index (χ1) is 8.70. The number of hydrogen-bond donors (Lipinski definition) is 2. The number of rotatable bonds is 4. The molecule has 0 saturated heterocycles. The van der Waals surface area contributed by atoms with E-state index >= 15 is 0 Å². The van der Waals surface area contributed by atoms with Gasteiger partial charge in [-0.3, -0.25) is 4.79 Å². The summed E-state index contributed by atoms with van der Waals surface area (Å²) in [6, 6.07) is 3.37.